The Hall–Kier alpha value is -2.34. The van der Waals surface area contributed by atoms with Crippen LogP contribution in [0.25, 0.3) is 0 Å². The molecule has 23 heavy (non-hydrogen) atoms. The zero-order valence-electron chi connectivity index (χ0n) is 12.8. The molecule has 2 atom stereocenters. The quantitative estimate of drug-likeness (QED) is 0.873. The Morgan fingerprint density at radius 1 is 1.04 bits per heavy atom. The van der Waals surface area contributed by atoms with Crippen molar-refractivity contribution in [2.24, 2.45) is 0 Å². The third kappa shape index (κ3) is 4.32. The average Bonchev–Trinajstić information content (AvgIpc) is 2.49. The fourth-order valence-corrected chi connectivity index (χ4v) is 2.30. The summed E-state index contributed by atoms with van der Waals surface area (Å²) in [6.45, 7) is 3.34. The van der Waals surface area contributed by atoms with Crippen LogP contribution in [0.5, 0.6) is 0 Å². The lowest BCUT2D eigenvalue weighted by Gasteiger charge is -2.17. The number of benzene rings is 2. The van der Waals surface area contributed by atoms with Crippen LogP contribution >= 0.6 is 0 Å². The number of hydrogen-bond donors (Lipinski definition) is 2. The first-order valence-electron chi connectivity index (χ1n) is 7.24. The van der Waals surface area contributed by atoms with Crippen LogP contribution in [0.15, 0.2) is 42.5 Å². The lowest BCUT2D eigenvalue weighted by Crippen LogP contribution is -2.91. The monoisotopic (exact) mass is 323 g/mol. The molecule has 2 aromatic carbocycles. The van der Waals surface area contributed by atoms with Crippen LogP contribution < -0.4 is 10.6 Å². The Morgan fingerprint density at radius 3 is 2.39 bits per heavy atom. The Morgan fingerprint density at radius 2 is 1.74 bits per heavy atom. The molecule has 0 bridgehead atoms. The highest BCUT2D eigenvalue weighted by molar-refractivity contribution is 5.93. The number of carbonyl (C=O) groups excluding carboxylic acids is 1. The van der Waals surface area contributed by atoms with Crippen molar-refractivity contribution in [1.82, 2.24) is 0 Å². The predicted molar refractivity (Wildman–Crippen MR) is 81.2 cm³/mol. The second-order valence-electron chi connectivity index (χ2n) is 5.40. The summed E-state index contributed by atoms with van der Waals surface area (Å²) in [6.07, 6.45) is 0. The minimum absolute atomic E-state index is 0.0957. The van der Waals surface area contributed by atoms with Gasteiger partial charge in [-0.25, -0.2) is 13.2 Å². The smallest absolute Gasteiger partial charge is 0.282 e. The number of quaternary nitrogens is 1. The topological polar surface area (TPSA) is 45.7 Å². The molecule has 0 heterocycles. The van der Waals surface area contributed by atoms with Crippen LogP contribution in [-0.2, 0) is 4.79 Å². The van der Waals surface area contributed by atoms with Crippen LogP contribution in [0.2, 0.25) is 0 Å². The van der Waals surface area contributed by atoms with Crippen molar-refractivity contribution in [1.29, 1.82) is 0 Å². The van der Waals surface area contributed by atoms with Crippen molar-refractivity contribution < 1.29 is 23.3 Å². The van der Waals surface area contributed by atoms with Gasteiger partial charge in [0.1, 0.15) is 23.5 Å². The Bertz CT molecular complexity index is 706. The van der Waals surface area contributed by atoms with Crippen molar-refractivity contribution in [3.05, 3.63) is 65.5 Å². The lowest BCUT2D eigenvalue weighted by atomic mass is 10.1. The van der Waals surface area contributed by atoms with Gasteiger partial charge < -0.3 is 10.6 Å². The fraction of sp³-hybridized carbons (Fsp3) is 0.235. The summed E-state index contributed by atoms with van der Waals surface area (Å²) in [4.78, 5) is 12.1. The third-order valence-electron chi connectivity index (χ3n) is 3.58. The summed E-state index contributed by atoms with van der Waals surface area (Å²) in [5.74, 6) is -2.23. The first-order chi connectivity index (χ1) is 10.9. The molecule has 0 saturated heterocycles. The summed E-state index contributed by atoms with van der Waals surface area (Å²) in [5.41, 5.74) is 0.398. The van der Waals surface area contributed by atoms with Crippen LogP contribution in [0.3, 0.4) is 0 Å². The van der Waals surface area contributed by atoms with Gasteiger partial charge in [0, 0.05) is 11.6 Å². The van der Waals surface area contributed by atoms with E-state index in [0.717, 1.165) is 6.07 Å². The molecule has 0 aliphatic carbocycles. The van der Waals surface area contributed by atoms with Crippen molar-refractivity contribution in [3.8, 4) is 0 Å². The van der Waals surface area contributed by atoms with Crippen LogP contribution in [0.1, 0.15) is 25.5 Å². The number of para-hydroxylation sites is 1. The van der Waals surface area contributed by atoms with E-state index < -0.39 is 35.4 Å². The molecule has 6 heteroatoms. The summed E-state index contributed by atoms with van der Waals surface area (Å²) >= 11 is 0. The third-order valence-corrected chi connectivity index (χ3v) is 3.58. The van der Waals surface area contributed by atoms with E-state index in [2.05, 4.69) is 5.32 Å². The molecule has 0 fully saturated rings. The van der Waals surface area contributed by atoms with Gasteiger partial charge in [-0.3, -0.25) is 4.79 Å². The number of amides is 1. The van der Waals surface area contributed by atoms with Gasteiger partial charge in [0.25, 0.3) is 5.91 Å². The van der Waals surface area contributed by atoms with Crippen molar-refractivity contribution in [2.75, 3.05) is 5.32 Å². The van der Waals surface area contributed by atoms with E-state index in [9.17, 15) is 18.0 Å². The number of nitrogens with two attached hydrogens (primary N) is 1. The number of hydrogen-bond acceptors (Lipinski definition) is 1. The SMILES string of the molecule is C[C@@H]([NH2+][C@H](C)c1ccc(F)cc1F)C(=O)Nc1ccccc1F. The largest absolute Gasteiger partial charge is 0.330 e. The number of rotatable bonds is 5. The minimum Gasteiger partial charge on any atom is -0.330 e. The maximum absolute atomic E-state index is 13.7. The molecule has 3 nitrogen and oxygen atoms in total. The average molecular weight is 323 g/mol. The Labute approximate surface area is 132 Å². The standard InChI is InChI=1S/C17H17F3N2O/c1-10(13-8-7-12(18)9-15(13)20)21-11(2)17(23)22-16-6-4-3-5-14(16)19/h3-11,21H,1-2H3,(H,22,23)/p+1/t10-,11-/m1/s1. The molecule has 2 aromatic rings. The van der Waals surface area contributed by atoms with E-state index in [-0.39, 0.29) is 5.69 Å². The molecule has 0 aromatic heterocycles. The summed E-state index contributed by atoms with van der Waals surface area (Å²) < 4.78 is 40.2. The molecule has 0 aliphatic heterocycles. The van der Waals surface area contributed by atoms with Crippen molar-refractivity contribution in [2.45, 2.75) is 25.9 Å². The van der Waals surface area contributed by atoms with E-state index in [1.165, 1.54) is 30.3 Å². The van der Waals surface area contributed by atoms with Gasteiger partial charge in [-0.15, -0.1) is 0 Å². The van der Waals surface area contributed by atoms with E-state index in [1.807, 2.05) is 0 Å². The van der Waals surface area contributed by atoms with Gasteiger partial charge in [-0.2, -0.15) is 0 Å². The van der Waals surface area contributed by atoms with E-state index in [0.29, 0.717) is 5.56 Å². The second kappa shape index (κ2) is 7.28. The maximum Gasteiger partial charge on any atom is 0.282 e. The van der Waals surface area contributed by atoms with Gasteiger partial charge in [0.2, 0.25) is 0 Å². The van der Waals surface area contributed by atoms with E-state index in [4.69, 9.17) is 0 Å². The Balaban J connectivity index is 2.01. The van der Waals surface area contributed by atoms with Crippen LogP contribution in [-0.4, -0.2) is 11.9 Å². The van der Waals surface area contributed by atoms with Gasteiger partial charge in [0.15, 0.2) is 6.04 Å². The summed E-state index contributed by atoms with van der Waals surface area (Å²) in [7, 11) is 0. The molecule has 0 saturated carbocycles. The molecule has 1 amide bonds. The highest BCUT2D eigenvalue weighted by Crippen LogP contribution is 2.15. The molecule has 122 valence electrons. The highest BCUT2D eigenvalue weighted by atomic mass is 19.1. The van der Waals surface area contributed by atoms with Crippen LogP contribution in [0, 0.1) is 17.5 Å². The molecular formula is C17H18F3N2O+. The van der Waals surface area contributed by atoms with E-state index in [1.54, 1.807) is 25.2 Å². The molecule has 3 N–H and O–H groups in total. The predicted octanol–water partition coefficient (Wildman–Crippen LogP) is 2.76. The van der Waals surface area contributed by atoms with Crippen molar-refractivity contribution >= 4 is 11.6 Å². The molecule has 0 radical (unpaired) electrons. The maximum atomic E-state index is 13.7. The zero-order valence-corrected chi connectivity index (χ0v) is 12.8. The Kier molecular flexibility index (Phi) is 5.39. The van der Waals surface area contributed by atoms with Gasteiger partial charge in [-0.1, -0.05) is 12.1 Å². The highest BCUT2D eigenvalue weighted by Gasteiger charge is 2.23. The number of carbonyl (C=O) groups is 1. The van der Waals surface area contributed by atoms with Crippen LogP contribution in [0.4, 0.5) is 18.9 Å². The molecule has 0 spiro atoms. The molecule has 0 aliphatic rings. The molecular weight excluding hydrogens is 305 g/mol. The lowest BCUT2D eigenvalue weighted by molar-refractivity contribution is -0.710. The molecule has 0 unspecified atom stereocenters. The van der Waals surface area contributed by atoms with E-state index >= 15 is 0 Å². The van der Waals surface area contributed by atoms with Crippen molar-refractivity contribution in [3.63, 3.8) is 0 Å². The normalized spacial score (nSPS) is 13.4. The first kappa shape index (κ1) is 17.0. The number of halogens is 3. The zero-order chi connectivity index (χ0) is 17.0. The second-order valence-corrected chi connectivity index (χ2v) is 5.40. The van der Waals surface area contributed by atoms with Gasteiger partial charge >= 0.3 is 0 Å². The number of nitrogens with one attached hydrogen (secondary N) is 1. The summed E-state index contributed by atoms with van der Waals surface area (Å²) in [6, 6.07) is 8.22. The minimum atomic E-state index is -0.657. The summed E-state index contributed by atoms with van der Waals surface area (Å²) in [5, 5.41) is 4.12. The first-order valence-corrected chi connectivity index (χ1v) is 7.24. The number of anilines is 1. The van der Waals surface area contributed by atoms with Gasteiger partial charge in [-0.05, 0) is 38.1 Å². The molecule has 2 rings (SSSR count). The fourth-order valence-electron chi connectivity index (χ4n) is 2.30. The van der Waals surface area contributed by atoms with Gasteiger partial charge in [0.05, 0.1) is 5.69 Å².